The quantitative estimate of drug-likeness (QED) is 0.840. The molecule has 1 aliphatic carbocycles. The number of halogens is 1. The third-order valence-corrected chi connectivity index (χ3v) is 5.20. The summed E-state index contributed by atoms with van der Waals surface area (Å²) in [4.78, 5) is 12.5. The zero-order chi connectivity index (χ0) is 14.4. The maximum atomic E-state index is 12.5. The van der Waals surface area contributed by atoms with Crippen LogP contribution in [0.1, 0.15) is 38.1 Å². The highest BCUT2D eigenvalue weighted by atomic mass is 79.9. The highest BCUT2D eigenvalue weighted by Gasteiger charge is 2.52. The standard InChI is InChI=1S/C14H18BrN3O/c1-9-11(15)10(18(4)17-9)7-14(8-16)6-5-13(2,3)12(14)19/h5-7H2,1-4H3. The van der Waals surface area contributed by atoms with Crippen LogP contribution >= 0.6 is 15.9 Å². The van der Waals surface area contributed by atoms with E-state index in [2.05, 4.69) is 27.1 Å². The van der Waals surface area contributed by atoms with Gasteiger partial charge in [-0.2, -0.15) is 10.4 Å². The van der Waals surface area contributed by atoms with E-state index >= 15 is 0 Å². The molecule has 0 radical (unpaired) electrons. The molecule has 1 aromatic rings. The highest BCUT2D eigenvalue weighted by Crippen LogP contribution is 2.47. The molecular weight excluding hydrogens is 306 g/mol. The second-order valence-corrected chi connectivity index (χ2v) is 6.85. The van der Waals surface area contributed by atoms with Crippen LogP contribution in [-0.2, 0) is 18.3 Å². The fraction of sp³-hybridized carbons (Fsp3) is 0.643. The van der Waals surface area contributed by atoms with Crippen molar-refractivity contribution in [2.75, 3.05) is 0 Å². The van der Waals surface area contributed by atoms with E-state index in [0.717, 1.165) is 22.3 Å². The first-order valence-electron chi connectivity index (χ1n) is 6.38. The maximum Gasteiger partial charge on any atom is 0.159 e. The summed E-state index contributed by atoms with van der Waals surface area (Å²) in [6, 6.07) is 2.28. The Morgan fingerprint density at radius 3 is 2.47 bits per heavy atom. The van der Waals surface area contributed by atoms with Crippen LogP contribution in [0.25, 0.3) is 0 Å². The van der Waals surface area contributed by atoms with Crippen molar-refractivity contribution in [1.29, 1.82) is 5.26 Å². The Bertz CT molecular complexity index is 582. The van der Waals surface area contributed by atoms with E-state index < -0.39 is 10.8 Å². The van der Waals surface area contributed by atoms with Crippen molar-refractivity contribution < 1.29 is 4.79 Å². The lowest BCUT2D eigenvalue weighted by Gasteiger charge is -2.22. The first-order chi connectivity index (χ1) is 8.73. The molecule has 19 heavy (non-hydrogen) atoms. The lowest BCUT2D eigenvalue weighted by Crippen LogP contribution is -2.33. The summed E-state index contributed by atoms with van der Waals surface area (Å²) in [5.41, 5.74) is 0.516. The van der Waals surface area contributed by atoms with Crippen LogP contribution in [0.3, 0.4) is 0 Å². The maximum absolute atomic E-state index is 12.5. The Labute approximate surface area is 121 Å². The topological polar surface area (TPSA) is 58.7 Å². The van der Waals surface area contributed by atoms with Gasteiger partial charge < -0.3 is 0 Å². The molecule has 1 atom stereocenters. The third-order valence-electron chi connectivity index (χ3n) is 4.17. The molecular formula is C14H18BrN3O. The first-order valence-corrected chi connectivity index (χ1v) is 7.17. The summed E-state index contributed by atoms with van der Waals surface area (Å²) >= 11 is 3.51. The number of carbonyl (C=O) groups is 1. The van der Waals surface area contributed by atoms with Crippen molar-refractivity contribution >= 4 is 21.7 Å². The number of Topliss-reactive ketones (excluding diaryl/α,β-unsaturated/α-hetero) is 1. The van der Waals surface area contributed by atoms with Crippen LogP contribution < -0.4 is 0 Å². The number of rotatable bonds is 2. The van der Waals surface area contributed by atoms with Crippen LogP contribution in [-0.4, -0.2) is 15.6 Å². The van der Waals surface area contributed by atoms with Crippen molar-refractivity contribution in [3.63, 3.8) is 0 Å². The predicted molar refractivity (Wildman–Crippen MR) is 75.4 cm³/mol. The Balaban J connectivity index is 2.41. The molecule has 2 rings (SSSR count). The monoisotopic (exact) mass is 323 g/mol. The molecule has 5 heteroatoms. The summed E-state index contributed by atoms with van der Waals surface area (Å²) in [5, 5.41) is 13.9. The van der Waals surface area contributed by atoms with E-state index in [1.165, 1.54) is 0 Å². The van der Waals surface area contributed by atoms with Gasteiger partial charge in [-0.1, -0.05) is 13.8 Å². The minimum atomic E-state index is -0.897. The molecule has 0 amide bonds. The van der Waals surface area contributed by atoms with Gasteiger partial charge in [0.05, 0.1) is 21.9 Å². The van der Waals surface area contributed by atoms with Crippen molar-refractivity contribution in [1.82, 2.24) is 9.78 Å². The van der Waals surface area contributed by atoms with Crippen molar-refractivity contribution in [2.45, 2.75) is 40.0 Å². The van der Waals surface area contributed by atoms with Crippen LogP contribution in [0.5, 0.6) is 0 Å². The number of ketones is 1. The van der Waals surface area contributed by atoms with Crippen molar-refractivity contribution in [2.24, 2.45) is 17.9 Å². The normalized spacial score (nSPS) is 25.6. The number of hydrogen-bond donors (Lipinski definition) is 0. The van der Waals surface area contributed by atoms with Gasteiger partial charge in [0, 0.05) is 18.9 Å². The van der Waals surface area contributed by atoms with Crippen molar-refractivity contribution in [3.05, 3.63) is 15.9 Å². The van der Waals surface area contributed by atoms with Gasteiger partial charge in [-0.15, -0.1) is 0 Å². The number of carbonyl (C=O) groups excluding carboxylic acids is 1. The third kappa shape index (κ3) is 2.12. The highest BCUT2D eigenvalue weighted by molar-refractivity contribution is 9.10. The number of aromatic nitrogens is 2. The van der Waals surface area contributed by atoms with E-state index in [9.17, 15) is 10.1 Å². The molecule has 1 unspecified atom stereocenters. The first kappa shape index (κ1) is 14.3. The largest absolute Gasteiger partial charge is 0.297 e. The summed E-state index contributed by atoms with van der Waals surface area (Å²) in [6.07, 6.45) is 1.84. The average Bonchev–Trinajstić information content (AvgIpc) is 2.72. The summed E-state index contributed by atoms with van der Waals surface area (Å²) in [7, 11) is 1.85. The second kappa shape index (κ2) is 4.45. The van der Waals surface area contributed by atoms with Gasteiger partial charge in [-0.25, -0.2) is 0 Å². The molecule has 0 N–H and O–H groups in total. The van der Waals surface area contributed by atoms with Gasteiger partial charge in [-0.3, -0.25) is 9.48 Å². The molecule has 1 saturated carbocycles. The fourth-order valence-corrected chi connectivity index (χ4v) is 3.35. The predicted octanol–water partition coefficient (Wildman–Crippen LogP) is 2.93. The summed E-state index contributed by atoms with van der Waals surface area (Å²) < 4.78 is 2.67. The summed E-state index contributed by atoms with van der Waals surface area (Å²) in [6.45, 7) is 5.77. The van der Waals surface area contributed by atoms with E-state index in [1.54, 1.807) is 4.68 Å². The Morgan fingerprint density at radius 1 is 1.47 bits per heavy atom. The van der Waals surface area contributed by atoms with Crippen LogP contribution in [0.2, 0.25) is 0 Å². The number of nitriles is 1. The number of hydrogen-bond acceptors (Lipinski definition) is 3. The van der Waals surface area contributed by atoms with Gasteiger partial charge in [-0.05, 0) is 35.7 Å². The molecule has 1 aromatic heterocycles. The van der Waals surface area contributed by atoms with Crippen molar-refractivity contribution in [3.8, 4) is 6.07 Å². The fourth-order valence-electron chi connectivity index (χ4n) is 2.87. The molecule has 1 aliphatic rings. The molecule has 1 fully saturated rings. The van der Waals surface area contributed by atoms with Crippen LogP contribution in [0.4, 0.5) is 0 Å². The number of nitrogens with zero attached hydrogens (tertiary/aromatic N) is 3. The zero-order valence-electron chi connectivity index (χ0n) is 11.7. The molecule has 0 bridgehead atoms. The molecule has 0 saturated heterocycles. The molecule has 0 aromatic carbocycles. The summed E-state index contributed by atoms with van der Waals surface area (Å²) in [5.74, 6) is 0.0632. The van der Waals surface area contributed by atoms with Gasteiger partial charge >= 0.3 is 0 Å². The van der Waals surface area contributed by atoms with Gasteiger partial charge in [0.2, 0.25) is 0 Å². The van der Waals surface area contributed by atoms with E-state index in [-0.39, 0.29) is 5.78 Å². The molecule has 0 spiro atoms. The minimum Gasteiger partial charge on any atom is -0.297 e. The van der Waals surface area contributed by atoms with E-state index in [1.807, 2.05) is 27.8 Å². The van der Waals surface area contributed by atoms with Gasteiger partial charge in [0.1, 0.15) is 5.41 Å². The lowest BCUT2D eigenvalue weighted by molar-refractivity contribution is -0.130. The SMILES string of the molecule is Cc1nn(C)c(CC2(C#N)CCC(C)(C)C2=O)c1Br. The molecule has 0 aliphatic heterocycles. The van der Waals surface area contributed by atoms with E-state index in [0.29, 0.717) is 12.8 Å². The van der Waals surface area contributed by atoms with Crippen LogP contribution in [0, 0.1) is 29.1 Å². The minimum absolute atomic E-state index is 0.0632. The lowest BCUT2D eigenvalue weighted by atomic mass is 9.78. The second-order valence-electron chi connectivity index (χ2n) is 6.05. The van der Waals surface area contributed by atoms with Gasteiger partial charge in [0.15, 0.2) is 5.78 Å². The smallest absolute Gasteiger partial charge is 0.159 e. The zero-order valence-corrected chi connectivity index (χ0v) is 13.3. The molecule has 102 valence electrons. The van der Waals surface area contributed by atoms with Gasteiger partial charge in [0.25, 0.3) is 0 Å². The average molecular weight is 324 g/mol. The van der Waals surface area contributed by atoms with Crippen LogP contribution in [0.15, 0.2) is 4.47 Å². The Hall–Kier alpha value is -1.15. The number of aryl methyl sites for hydroxylation is 2. The van der Waals surface area contributed by atoms with E-state index in [4.69, 9.17) is 0 Å². The molecule has 4 nitrogen and oxygen atoms in total. The Kier molecular flexibility index (Phi) is 3.34. The molecule has 1 heterocycles. The Morgan fingerprint density at radius 2 is 2.11 bits per heavy atom.